The highest BCUT2D eigenvalue weighted by atomic mass is 16.5. The molecule has 4 rings (SSSR count). The maximum Gasteiger partial charge on any atom is 0.233 e. The summed E-state index contributed by atoms with van der Waals surface area (Å²) in [5.74, 6) is 0.375. The van der Waals surface area contributed by atoms with Crippen LogP contribution in [-0.4, -0.2) is 51.6 Å². The van der Waals surface area contributed by atoms with E-state index in [0.29, 0.717) is 45.3 Å². The lowest BCUT2D eigenvalue weighted by Crippen LogP contribution is -2.14. The topological polar surface area (TPSA) is 105 Å². The molecule has 0 atom stereocenters. The van der Waals surface area contributed by atoms with Crippen LogP contribution in [0.25, 0.3) is 0 Å². The molecule has 0 aliphatic carbocycles. The second-order valence-corrected chi connectivity index (χ2v) is 8.23. The van der Waals surface area contributed by atoms with Gasteiger partial charge in [0.15, 0.2) is 0 Å². The normalized spacial score (nSPS) is 9.90. The Morgan fingerprint density at radius 1 is 0.325 bits per heavy atom. The molecule has 4 aromatic carbocycles. The maximum absolute atomic E-state index is 12.1. The zero-order valence-electron chi connectivity index (χ0n) is 22.5. The lowest BCUT2D eigenvalue weighted by Gasteiger charge is -2.04. The first-order valence-electron chi connectivity index (χ1n) is 12.1. The van der Waals surface area contributed by atoms with Crippen LogP contribution < -0.4 is 18.9 Å². The van der Waals surface area contributed by atoms with Crippen LogP contribution in [0.1, 0.15) is 41.4 Å². The van der Waals surface area contributed by atoms with Gasteiger partial charge in [0.25, 0.3) is 0 Å². The molecule has 4 aromatic rings. The minimum atomic E-state index is -0.544. The summed E-state index contributed by atoms with van der Waals surface area (Å²) in [5, 5.41) is 0. The maximum atomic E-state index is 12.1. The van der Waals surface area contributed by atoms with Crippen LogP contribution in [0.15, 0.2) is 97.1 Å². The summed E-state index contributed by atoms with van der Waals surface area (Å²) < 4.78 is 20.0. The predicted octanol–water partition coefficient (Wildman–Crippen LogP) is 5.54. The number of ether oxygens (including phenoxy) is 4. The van der Waals surface area contributed by atoms with Gasteiger partial charge in [-0.05, 0) is 97.1 Å². The molecular weight excluding hydrogens is 512 g/mol. The highest BCUT2D eigenvalue weighted by molar-refractivity contribution is 6.49. The van der Waals surface area contributed by atoms with Crippen molar-refractivity contribution in [3.05, 3.63) is 119 Å². The molecule has 8 nitrogen and oxygen atoms in total. The van der Waals surface area contributed by atoms with Gasteiger partial charge in [-0.3, -0.25) is 19.2 Å². The van der Waals surface area contributed by atoms with E-state index in [0.717, 1.165) is 0 Å². The van der Waals surface area contributed by atoms with E-state index in [2.05, 4.69) is 0 Å². The highest BCUT2D eigenvalue weighted by Gasteiger charge is 2.19. The van der Waals surface area contributed by atoms with Crippen molar-refractivity contribution in [2.75, 3.05) is 28.4 Å². The Bertz CT molecular complexity index is 1220. The van der Waals surface area contributed by atoms with Crippen molar-refractivity contribution < 1.29 is 38.1 Å². The molecule has 8 heteroatoms. The SMILES string of the molecule is COc1ccc(C(=O)C(=O)c2ccc(OC)cc2)cc1.COc1ccc(C(=O)C(=O)c2ccc(OC)cc2)cc1. The van der Waals surface area contributed by atoms with Gasteiger partial charge in [-0.1, -0.05) is 0 Å². The van der Waals surface area contributed by atoms with Gasteiger partial charge in [-0.15, -0.1) is 0 Å². The molecule has 204 valence electrons. The molecule has 0 aliphatic rings. The summed E-state index contributed by atoms with van der Waals surface area (Å²) in [4.78, 5) is 48.3. The summed E-state index contributed by atoms with van der Waals surface area (Å²) in [5.41, 5.74) is 1.36. The molecule has 0 heterocycles. The van der Waals surface area contributed by atoms with Gasteiger partial charge >= 0.3 is 0 Å². The zero-order valence-corrected chi connectivity index (χ0v) is 22.5. The molecule has 40 heavy (non-hydrogen) atoms. The van der Waals surface area contributed by atoms with Crippen LogP contribution in [0.3, 0.4) is 0 Å². The van der Waals surface area contributed by atoms with Crippen molar-refractivity contribution in [2.45, 2.75) is 0 Å². The minimum Gasteiger partial charge on any atom is -0.497 e. The molecular formula is C32H28O8. The summed E-state index contributed by atoms with van der Waals surface area (Å²) in [6.07, 6.45) is 0. The Morgan fingerprint density at radius 3 is 0.600 bits per heavy atom. The van der Waals surface area contributed by atoms with E-state index < -0.39 is 23.1 Å². The monoisotopic (exact) mass is 540 g/mol. The van der Waals surface area contributed by atoms with E-state index in [-0.39, 0.29) is 0 Å². The molecule has 0 N–H and O–H groups in total. The smallest absolute Gasteiger partial charge is 0.233 e. The van der Waals surface area contributed by atoms with Crippen LogP contribution in [0.2, 0.25) is 0 Å². The fourth-order valence-electron chi connectivity index (χ4n) is 3.49. The van der Waals surface area contributed by atoms with Crippen molar-refractivity contribution in [3.8, 4) is 23.0 Å². The quantitative estimate of drug-likeness (QED) is 0.191. The van der Waals surface area contributed by atoms with E-state index >= 15 is 0 Å². The Balaban J connectivity index is 0.000000220. The van der Waals surface area contributed by atoms with E-state index in [4.69, 9.17) is 18.9 Å². The lowest BCUT2D eigenvalue weighted by molar-refractivity contribution is 0.0817. The molecule has 0 aliphatic heterocycles. The van der Waals surface area contributed by atoms with Gasteiger partial charge < -0.3 is 18.9 Å². The molecule has 0 radical (unpaired) electrons. The number of hydrogen-bond donors (Lipinski definition) is 0. The first-order valence-corrected chi connectivity index (χ1v) is 12.1. The van der Waals surface area contributed by atoms with Gasteiger partial charge in [0.05, 0.1) is 28.4 Å². The molecule has 0 saturated heterocycles. The largest absolute Gasteiger partial charge is 0.497 e. The number of carbonyl (C=O) groups excluding carboxylic acids is 4. The molecule has 0 amide bonds. The van der Waals surface area contributed by atoms with Crippen molar-refractivity contribution in [1.82, 2.24) is 0 Å². The van der Waals surface area contributed by atoms with Crippen molar-refractivity contribution in [3.63, 3.8) is 0 Å². The Kier molecular flexibility index (Phi) is 10.3. The second kappa shape index (κ2) is 14.1. The van der Waals surface area contributed by atoms with E-state index in [9.17, 15) is 19.2 Å². The van der Waals surface area contributed by atoms with E-state index in [1.807, 2.05) is 0 Å². The zero-order chi connectivity index (χ0) is 29.1. The third kappa shape index (κ3) is 7.41. The Morgan fingerprint density at radius 2 is 0.475 bits per heavy atom. The molecule has 0 fully saturated rings. The molecule has 0 unspecified atom stereocenters. The molecule has 0 aromatic heterocycles. The number of hydrogen-bond acceptors (Lipinski definition) is 8. The summed E-state index contributed by atoms with van der Waals surface area (Å²) in [6.45, 7) is 0. The fourth-order valence-corrected chi connectivity index (χ4v) is 3.49. The first kappa shape index (κ1) is 29.3. The van der Waals surface area contributed by atoms with Gasteiger partial charge in [0, 0.05) is 22.3 Å². The van der Waals surface area contributed by atoms with Crippen LogP contribution in [0.5, 0.6) is 23.0 Å². The third-order valence-corrected chi connectivity index (χ3v) is 5.82. The second-order valence-electron chi connectivity index (χ2n) is 8.23. The van der Waals surface area contributed by atoms with Crippen LogP contribution in [0.4, 0.5) is 0 Å². The first-order chi connectivity index (χ1) is 19.3. The van der Waals surface area contributed by atoms with Gasteiger partial charge in [-0.2, -0.15) is 0 Å². The van der Waals surface area contributed by atoms with Gasteiger partial charge in [0.1, 0.15) is 23.0 Å². The highest BCUT2D eigenvalue weighted by Crippen LogP contribution is 2.17. The minimum absolute atomic E-state index is 0.339. The van der Waals surface area contributed by atoms with E-state index in [1.54, 1.807) is 126 Å². The van der Waals surface area contributed by atoms with Crippen molar-refractivity contribution in [2.24, 2.45) is 0 Å². The molecule has 0 saturated carbocycles. The number of benzene rings is 4. The Hall–Kier alpha value is -5.24. The summed E-state index contributed by atoms with van der Waals surface area (Å²) >= 11 is 0. The number of carbonyl (C=O) groups is 4. The number of Topliss-reactive ketones (excluding diaryl/α,β-unsaturated/α-hetero) is 4. The average Bonchev–Trinajstić information content (AvgIpc) is 3.03. The van der Waals surface area contributed by atoms with Crippen LogP contribution in [0, 0.1) is 0 Å². The average molecular weight is 541 g/mol. The number of ketones is 4. The number of rotatable bonds is 10. The Labute approximate surface area is 232 Å². The lowest BCUT2D eigenvalue weighted by atomic mass is 10.0. The van der Waals surface area contributed by atoms with Crippen molar-refractivity contribution in [1.29, 1.82) is 0 Å². The van der Waals surface area contributed by atoms with Gasteiger partial charge in [-0.25, -0.2) is 0 Å². The van der Waals surface area contributed by atoms with Crippen LogP contribution in [-0.2, 0) is 0 Å². The number of methoxy groups -OCH3 is 4. The third-order valence-electron chi connectivity index (χ3n) is 5.82. The predicted molar refractivity (Wildman–Crippen MR) is 149 cm³/mol. The standard InChI is InChI=1S/2C16H14O4/c2*1-19-13-7-3-11(4-8-13)15(17)16(18)12-5-9-14(20-2)10-6-12/h2*3-10H,1-2H3. The van der Waals surface area contributed by atoms with E-state index in [1.165, 1.54) is 0 Å². The fraction of sp³-hybridized carbons (Fsp3) is 0.125. The molecule has 0 spiro atoms. The summed E-state index contributed by atoms with van der Waals surface area (Å²) in [7, 11) is 6.16. The van der Waals surface area contributed by atoms with Crippen LogP contribution >= 0.6 is 0 Å². The van der Waals surface area contributed by atoms with Gasteiger partial charge in [0.2, 0.25) is 23.1 Å². The summed E-state index contributed by atoms with van der Waals surface area (Å²) in [6, 6.07) is 25.8. The van der Waals surface area contributed by atoms with Crippen molar-refractivity contribution >= 4 is 23.1 Å². The molecule has 0 bridgehead atoms.